The highest BCUT2D eigenvalue weighted by molar-refractivity contribution is 5.87. The van der Waals surface area contributed by atoms with Crippen LogP contribution in [0.15, 0.2) is 36.5 Å². The second-order valence-electron chi connectivity index (χ2n) is 5.22. The van der Waals surface area contributed by atoms with E-state index in [-0.39, 0.29) is 0 Å². The van der Waals surface area contributed by atoms with Crippen LogP contribution in [0.3, 0.4) is 0 Å². The molecule has 1 N–H and O–H groups in total. The molecule has 1 aromatic carbocycles. The Morgan fingerprint density at radius 3 is 2.86 bits per heavy atom. The van der Waals surface area contributed by atoms with Gasteiger partial charge in [-0.15, -0.1) is 0 Å². The maximum Gasteiger partial charge on any atom is 0.212 e. The van der Waals surface area contributed by atoms with E-state index in [0.29, 0.717) is 0 Å². The molecule has 4 rings (SSSR count). The van der Waals surface area contributed by atoms with Crippen LogP contribution in [0.2, 0.25) is 0 Å². The minimum absolute atomic E-state index is 0.454. The van der Waals surface area contributed by atoms with Crippen molar-refractivity contribution in [3.8, 4) is 11.1 Å². The van der Waals surface area contributed by atoms with E-state index < -0.39 is 5.95 Å². The second-order valence-corrected chi connectivity index (χ2v) is 5.22. The monoisotopic (exact) mass is 279 g/mol. The van der Waals surface area contributed by atoms with E-state index in [1.165, 1.54) is 22.0 Å². The molecule has 3 nitrogen and oxygen atoms in total. The Labute approximate surface area is 121 Å². The molecule has 1 aliphatic heterocycles. The van der Waals surface area contributed by atoms with Gasteiger partial charge in [-0.3, -0.25) is 0 Å². The minimum atomic E-state index is -0.454. The molecule has 0 fully saturated rings. The summed E-state index contributed by atoms with van der Waals surface area (Å²) in [7, 11) is 2.07. The van der Waals surface area contributed by atoms with Gasteiger partial charge in [-0.25, -0.2) is 4.98 Å². The summed E-state index contributed by atoms with van der Waals surface area (Å²) in [6.45, 7) is 0.853. The molecule has 0 bridgehead atoms. The predicted molar refractivity (Wildman–Crippen MR) is 82.3 cm³/mol. The number of nitrogens with one attached hydrogen (secondary N) is 1. The third-order valence-electron chi connectivity index (χ3n) is 4.01. The van der Waals surface area contributed by atoms with Gasteiger partial charge < -0.3 is 9.88 Å². The number of hydrogen-bond acceptors (Lipinski definition) is 2. The van der Waals surface area contributed by atoms with Crippen molar-refractivity contribution in [2.24, 2.45) is 7.05 Å². The molecule has 0 saturated carbocycles. The molecule has 3 aromatic rings. The van der Waals surface area contributed by atoms with Crippen molar-refractivity contribution in [1.29, 1.82) is 0 Å². The average Bonchev–Trinajstić information content (AvgIpc) is 2.81. The van der Waals surface area contributed by atoms with E-state index in [9.17, 15) is 4.39 Å². The van der Waals surface area contributed by atoms with Crippen molar-refractivity contribution in [2.75, 3.05) is 6.54 Å². The van der Waals surface area contributed by atoms with Crippen molar-refractivity contribution in [3.63, 3.8) is 0 Å². The lowest BCUT2D eigenvalue weighted by Gasteiger charge is -2.03. The van der Waals surface area contributed by atoms with E-state index in [2.05, 4.69) is 52.4 Å². The summed E-state index contributed by atoms with van der Waals surface area (Å²) in [6.07, 6.45) is 5.82. The molecular formula is C17H14FN3. The molecule has 3 heterocycles. The van der Waals surface area contributed by atoms with Crippen LogP contribution in [0.25, 0.3) is 34.3 Å². The van der Waals surface area contributed by atoms with Gasteiger partial charge >= 0.3 is 0 Å². The van der Waals surface area contributed by atoms with Crippen LogP contribution in [0.1, 0.15) is 0 Å². The highest BCUT2D eigenvalue weighted by Crippen LogP contribution is 2.22. The summed E-state index contributed by atoms with van der Waals surface area (Å²) in [6, 6.07) is 9.45. The number of fused-ring (bicyclic) bond motifs is 3. The summed E-state index contributed by atoms with van der Waals surface area (Å²) < 4.78 is 15.1. The maximum atomic E-state index is 12.9. The van der Waals surface area contributed by atoms with Crippen LogP contribution in [-0.2, 0) is 7.05 Å². The molecule has 21 heavy (non-hydrogen) atoms. The van der Waals surface area contributed by atoms with Crippen molar-refractivity contribution in [1.82, 2.24) is 14.9 Å². The number of hydrogen-bond donors (Lipinski definition) is 1. The first-order valence-electron chi connectivity index (χ1n) is 6.88. The largest absolute Gasteiger partial charge is 0.387 e. The van der Waals surface area contributed by atoms with Crippen LogP contribution in [0, 0.1) is 5.95 Å². The van der Waals surface area contributed by atoms with Crippen molar-refractivity contribution in [2.45, 2.75) is 0 Å². The van der Waals surface area contributed by atoms with E-state index in [1.54, 1.807) is 12.3 Å². The first kappa shape index (κ1) is 12.1. The van der Waals surface area contributed by atoms with Crippen LogP contribution in [-0.4, -0.2) is 16.1 Å². The molecule has 4 heteroatoms. The van der Waals surface area contributed by atoms with E-state index in [4.69, 9.17) is 0 Å². The zero-order valence-corrected chi connectivity index (χ0v) is 11.6. The standard InChI is InChI=1S/C17H14FN3/c1-21-15-6-7-19-10-14(15)13-4-2-11(8-16(13)21)12-3-5-17(18)20-9-12/h2-6,8-10,19H,7H2,1H3. The van der Waals surface area contributed by atoms with Crippen molar-refractivity contribution < 1.29 is 4.39 Å². The fraction of sp³-hybridized carbons (Fsp3) is 0.118. The molecule has 0 atom stereocenters. The number of nitrogens with zero attached hydrogens (tertiary/aromatic N) is 2. The quantitative estimate of drug-likeness (QED) is 0.684. The number of rotatable bonds is 1. The van der Waals surface area contributed by atoms with Gasteiger partial charge in [-0.1, -0.05) is 12.1 Å². The van der Waals surface area contributed by atoms with E-state index in [0.717, 1.165) is 23.2 Å². The minimum Gasteiger partial charge on any atom is -0.387 e. The second kappa shape index (κ2) is 4.45. The molecule has 0 saturated heterocycles. The number of pyridine rings is 1. The number of aryl methyl sites for hydroxylation is 1. The number of aromatic nitrogens is 2. The lowest BCUT2D eigenvalue weighted by atomic mass is 10.1. The Morgan fingerprint density at radius 1 is 1.19 bits per heavy atom. The zero-order valence-electron chi connectivity index (χ0n) is 11.6. The third kappa shape index (κ3) is 1.83. The molecule has 2 aromatic heterocycles. The molecular weight excluding hydrogens is 265 g/mol. The fourth-order valence-corrected chi connectivity index (χ4v) is 2.93. The Kier molecular flexibility index (Phi) is 2.57. The summed E-state index contributed by atoms with van der Waals surface area (Å²) in [4.78, 5) is 3.73. The Hall–Kier alpha value is -2.62. The van der Waals surface area contributed by atoms with Gasteiger partial charge in [0.05, 0.1) is 0 Å². The summed E-state index contributed by atoms with van der Waals surface area (Å²) in [5, 5.41) is 6.93. The maximum absolute atomic E-state index is 12.9. The van der Waals surface area contributed by atoms with E-state index in [1.807, 2.05) is 0 Å². The van der Waals surface area contributed by atoms with Crippen LogP contribution in [0.5, 0.6) is 0 Å². The van der Waals surface area contributed by atoms with Crippen molar-refractivity contribution >= 4 is 23.2 Å². The molecule has 0 spiro atoms. The number of halogens is 1. The summed E-state index contributed by atoms with van der Waals surface area (Å²) in [5.41, 5.74) is 3.13. The van der Waals surface area contributed by atoms with Gasteiger partial charge in [0.15, 0.2) is 0 Å². The molecule has 0 amide bonds. The van der Waals surface area contributed by atoms with Gasteiger partial charge in [0.2, 0.25) is 5.95 Å². The fourth-order valence-electron chi connectivity index (χ4n) is 2.93. The first-order chi connectivity index (χ1) is 10.2. The van der Waals surface area contributed by atoms with Gasteiger partial charge in [0.25, 0.3) is 0 Å². The first-order valence-corrected chi connectivity index (χ1v) is 6.88. The highest BCUT2D eigenvalue weighted by Gasteiger charge is 2.08. The predicted octanol–water partition coefficient (Wildman–Crippen LogP) is 1.50. The Balaban J connectivity index is 1.99. The van der Waals surface area contributed by atoms with Gasteiger partial charge in [-0.2, -0.15) is 4.39 Å². The smallest absolute Gasteiger partial charge is 0.212 e. The molecule has 1 aliphatic rings. The molecule has 104 valence electrons. The molecule has 0 aliphatic carbocycles. The third-order valence-corrected chi connectivity index (χ3v) is 4.01. The summed E-state index contributed by atoms with van der Waals surface area (Å²) >= 11 is 0. The Bertz CT molecular complexity index is 952. The SMILES string of the molecule is Cn1c2c(c3ccc(-c4ccc(F)nc4)cc31)=CNCC=2. The van der Waals surface area contributed by atoms with Crippen LogP contribution in [0.4, 0.5) is 4.39 Å². The topological polar surface area (TPSA) is 29.9 Å². The average molecular weight is 279 g/mol. The van der Waals surface area contributed by atoms with E-state index >= 15 is 0 Å². The van der Waals surface area contributed by atoms with Gasteiger partial charge in [-0.05, 0) is 29.8 Å². The number of benzene rings is 1. The van der Waals surface area contributed by atoms with Crippen molar-refractivity contribution in [3.05, 3.63) is 53.0 Å². The highest BCUT2D eigenvalue weighted by atomic mass is 19.1. The van der Waals surface area contributed by atoms with Gasteiger partial charge in [0.1, 0.15) is 0 Å². The van der Waals surface area contributed by atoms with Crippen LogP contribution < -0.4 is 15.9 Å². The molecule has 0 unspecified atom stereocenters. The lowest BCUT2D eigenvalue weighted by molar-refractivity contribution is 0.584. The van der Waals surface area contributed by atoms with Gasteiger partial charge in [0, 0.05) is 53.0 Å². The lowest BCUT2D eigenvalue weighted by Crippen LogP contribution is -2.34. The van der Waals surface area contributed by atoms with Crippen LogP contribution >= 0.6 is 0 Å². The summed E-state index contributed by atoms with van der Waals surface area (Å²) in [5.74, 6) is -0.454. The normalized spacial score (nSPS) is 13.2. The molecule has 0 radical (unpaired) electrons. The Morgan fingerprint density at radius 2 is 2.05 bits per heavy atom. The zero-order chi connectivity index (χ0) is 14.4.